The Hall–Kier alpha value is -1.50. The van der Waals surface area contributed by atoms with Crippen molar-refractivity contribution in [1.29, 1.82) is 0 Å². The van der Waals surface area contributed by atoms with Gasteiger partial charge in [0, 0.05) is 5.69 Å². The molecule has 94 valence electrons. The van der Waals surface area contributed by atoms with E-state index in [4.69, 9.17) is 0 Å². The Kier molecular flexibility index (Phi) is 4.56. The number of hydrogen-bond acceptors (Lipinski definition) is 3. The van der Waals surface area contributed by atoms with E-state index in [1.807, 2.05) is 0 Å². The number of amides is 1. The molecule has 0 aliphatic carbocycles. The molecular weight excluding hydrogens is 252 g/mol. The van der Waals surface area contributed by atoms with Crippen molar-refractivity contribution in [3.05, 3.63) is 30.1 Å². The minimum absolute atomic E-state index is 0.284. The van der Waals surface area contributed by atoms with Crippen LogP contribution >= 0.6 is 0 Å². The Balaban J connectivity index is 2.59. The summed E-state index contributed by atoms with van der Waals surface area (Å²) in [6.45, 7) is -1.02. The number of benzene rings is 1. The van der Waals surface area contributed by atoms with Crippen LogP contribution in [-0.2, 0) is 14.6 Å². The lowest BCUT2D eigenvalue weighted by molar-refractivity contribution is -0.113. The quantitative estimate of drug-likeness (QED) is 0.866. The van der Waals surface area contributed by atoms with Gasteiger partial charge in [0.05, 0.1) is 5.75 Å². The maximum atomic E-state index is 12.5. The molecule has 0 radical (unpaired) electrons. The lowest BCUT2D eigenvalue weighted by Gasteiger charge is -2.05. The average molecular weight is 263 g/mol. The van der Waals surface area contributed by atoms with Crippen LogP contribution in [0, 0.1) is 5.82 Å². The van der Waals surface area contributed by atoms with Crippen LogP contribution < -0.4 is 5.32 Å². The number of alkyl halides is 1. The lowest BCUT2D eigenvalue weighted by atomic mass is 10.3. The van der Waals surface area contributed by atoms with Crippen molar-refractivity contribution < 1.29 is 22.0 Å². The van der Waals surface area contributed by atoms with E-state index in [-0.39, 0.29) is 5.69 Å². The van der Waals surface area contributed by atoms with Crippen LogP contribution in [0.15, 0.2) is 24.3 Å². The van der Waals surface area contributed by atoms with E-state index in [9.17, 15) is 22.0 Å². The number of hydrogen-bond donors (Lipinski definition) is 1. The van der Waals surface area contributed by atoms with Crippen molar-refractivity contribution in [1.82, 2.24) is 0 Å². The minimum Gasteiger partial charge on any atom is -0.325 e. The van der Waals surface area contributed by atoms with Crippen molar-refractivity contribution in [2.45, 2.75) is 0 Å². The van der Waals surface area contributed by atoms with Gasteiger partial charge in [-0.2, -0.15) is 0 Å². The van der Waals surface area contributed by atoms with Crippen molar-refractivity contribution in [3.8, 4) is 0 Å². The highest BCUT2D eigenvalue weighted by Crippen LogP contribution is 2.08. The first kappa shape index (κ1) is 13.6. The van der Waals surface area contributed by atoms with Gasteiger partial charge in [-0.1, -0.05) is 0 Å². The molecule has 0 bridgehead atoms. The summed E-state index contributed by atoms with van der Waals surface area (Å²) in [6, 6.07) is 4.86. The number of rotatable bonds is 5. The molecule has 7 heteroatoms. The highest BCUT2D eigenvalue weighted by molar-refractivity contribution is 7.92. The zero-order chi connectivity index (χ0) is 12.9. The van der Waals surface area contributed by atoms with Crippen molar-refractivity contribution >= 4 is 21.4 Å². The molecule has 1 rings (SSSR count). The van der Waals surface area contributed by atoms with Crippen LogP contribution in [-0.4, -0.2) is 32.5 Å². The lowest BCUT2D eigenvalue weighted by Crippen LogP contribution is -2.25. The fourth-order valence-electron chi connectivity index (χ4n) is 1.12. The van der Waals surface area contributed by atoms with Crippen molar-refractivity contribution in [2.75, 3.05) is 23.5 Å². The summed E-state index contributed by atoms with van der Waals surface area (Å²) < 4.78 is 46.7. The SMILES string of the molecule is O=C(CS(=O)(=O)CCF)Nc1ccc(F)cc1. The molecule has 1 N–H and O–H groups in total. The van der Waals surface area contributed by atoms with E-state index in [0.717, 1.165) is 12.1 Å². The standard InChI is InChI=1S/C10H11F2NO3S/c11-5-6-17(15,16)7-10(14)13-9-3-1-8(12)2-4-9/h1-4H,5-7H2,(H,13,14). The van der Waals surface area contributed by atoms with Gasteiger partial charge in [0.25, 0.3) is 0 Å². The first-order chi connectivity index (χ1) is 7.93. The molecule has 0 heterocycles. The van der Waals surface area contributed by atoms with Gasteiger partial charge in [0.15, 0.2) is 9.84 Å². The Morgan fingerprint density at radius 3 is 2.35 bits per heavy atom. The summed E-state index contributed by atoms with van der Waals surface area (Å²) in [7, 11) is -3.72. The highest BCUT2D eigenvalue weighted by atomic mass is 32.2. The van der Waals surface area contributed by atoms with E-state index < -0.39 is 39.7 Å². The van der Waals surface area contributed by atoms with Crippen molar-refractivity contribution in [3.63, 3.8) is 0 Å². The predicted octanol–water partition coefficient (Wildman–Crippen LogP) is 1.15. The van der Waals surface area contributed by atoms with E-state index in [1.54, 1.807) is 0 Å². The minimum atomic E-state index is -3.72. The molecule has 0 fully saturated rings. The molecule has 1 aromatic carbocycles. The maximum Gasteiger partial charge on any atom is 0.239 e. The van der Waals surface area contributed by atoms with Gasteiger partial charge in [0.2, 0.25) is 5.91 Å². The van der Waals surface area contributed by atoms with Gasteiger partial charge >= 0.3 is 0 Å². The molecule has 0 spiro atoms. The van der Waals surface area contributed by atoms with Gasteiger partial charge in [-0.05, 0) is 24.3 Å². The van der Waals surface area contributed by atoms with Crippen LogP contribution in [0.2, 0.25) is 0 Å². The number of nitrogens with one attached hydrogen (secondary N) is 1. The molecule has 0 aliphatic heterocycles. The summed E-state index contributed by atoms with van der Waals surface area (Å²) in [6.07, 6.45) is 0. The van der Waals surface area contributed by atoms with Gasteiger partial charge in [-0.3, -0.25) is 4.79 Å². The van der Waals surface area contributed by atoms with Crippen LogP contribution in [0.5, 0.6) is 0 Å². The third kappa shape index (κ3) is 4.90. The highest BCUT2D eigenvalue weighted by Gasteiger charge is 2.16. The molecule has 0 aromatic heterocycles. The molecule has 0 saturated heterocycles. The fraction of sp³-hybridized carbons (Fsp3) is 0.300. The molecular formula is C10H11F2NO3S. The monoisotopic (exact) mass is 263 g/mol. The summed E-state index contributed by atoms with van der Waals surface area (Å²) in [5.74, 6) is -2.70. The Bertz CT molecular complexity index is 485. The second-order valence-corrected chi connectivity index (χ2v) is 5.52. The molecule has 4 nitrogen and oxygen atoms in total. The fourth-order valence-corrected chi connectivity index (χ4v) is 1.97. The molecule has 0 saturated carbocycles. The van der Waals surface area contributed by atoms with Gasteiger partial charge in [-0.25, -0.2) is 17.2 Å². The third-order valence-electron chi connectivity index (χ3n) is 1.87. The van der Waals surface area contributed by atoms with E-state index >= 15 is 0 Å². The topological polar surface area (TPSA) is 63.2 Å². The van der Waals surface area contributed by atoms with Crippen LogP contribution in [0.25, 0.3) is 0 Å². The van der Waals surface area contributed by atoms with Gasteiger partial charge < -0.3 is 5.32 Å². The van der Waals surface area contributed by atoms with E-state index in [0.29, 0.717) is 0 Å². The number of halogens is 2. The smallest absolute Gasteiger partial charge is 0.239 e. The molecule has 0 atom stereocenters. The zero-order valence-electron chi connectivity index (χ0n) is 8.82. The third-order valence-corrected chi connectivity index (χ3v) is 3.35. The Morgan fingerprint density at radius 2 is 1.82 bits per heavy atom. The van der Waals surface area contributed by atoms with Crippen LogP contribution in [0.4, 0.5) is 14.5 Å². The number of carbonyl (C=O) groups is 1. The Morgan fingerprint density at radius 1 is 1.24 bits per heavy atom. The molecule has 1 aromatic rings. The number of anilines is 1. The number of carbonyl (C=O) groups excluding carboxylic acids is 1. The predicted molar refractivity (Wildman–Crippen MR) is 59.7 cm³/mol. The molecule has 1 amide bonds. The molecule has 17 heavy (non-hydrogen) atoms. The average Bonchev–Trinajstić information content (AvgIpc) is 2.20. The summed E-state index contributed by atoms with van der Waals surface area (Å²) in [5, 5.41) is 2.28. The first-order valence-corrected chi connectivity index (χ1v) is 6.57. The van der Waals surface area contributed by atoms with Crippen molar-refractivity contribution in [2.24, 2.45) is 0 Å². The van der Waals surface area contributed by atoms with Crippen LogP contribution in [0.1, 0.15) is 0 Å². The summed E-state index contributed by atoms with van der Waals surface area (Å²) in [4.78, 5) is 11.3. The second kappa shape index (κ2) is 5.72. The zero-order valence-corrected chi connectivity index (χ0v) is 9.64. The second-order valence-electron chi connectivity index (χ2n) is 3.34. The normalized spacial score (nSPS) is 11.2. The van der Waals surface area contributed by atoms with Crippen LogP contribution in [0.3, 0.4) is 0 Å². The number of sulfone groups is 1. The first-order valence-electron chi connectivity index (χ1n) is 4.75. The van der Waals surface area contributed by atoms with E-state index in [1.165, 1.54) is 12.1 Å². The summed E-state index contributed by atoms with van der Waals surface area (Å²) in [5.41, 5.74) is 0.284. The maximum absolute atomic E-state index is 12.5. The molecule has 0 aliphatic rings. The van der Waals surface area contributed by atoms with E-state index in [2.05, 4.69) is 5.32 Å². The van der Waals surface area contributed by atoms with Gasteiger partial charge in [-0.15, -0.1) is 0 Å². The Labute approximate surface area is 97.6 Å². The van der Waals surface area contributed by atoms with Gasteiger partial charge in [0.1, 0.15) is 18.2 Å². The molecule has 0 unspecified atom stereocenters. The summed E-state index contributed by atoms with van der Waals surface area (Å²) >= 11 is 0. The largest absolute Gasteiger partial charge is 0.325 e.